The first-order chi connectivity index (χ1) is 7.40. The van der Waals surface area contributed by atoms with Crippen LogP contribution in [-0.4, -0.2) is 0 Å². The molecule has 84 valence electrons. The molecule has 0 fully saturated rings. The maximum absolute atomic E-state index is 9.16. The van der Waals surface area contributed by atoms with Gasteiger partial charge < -0.3 is 0 Å². The third-order valence-corrected chi connectivity index (χ3v) is 4.35. The highest BCUT2D eigenvalue weighted by molar-refractivity contribution is 5.52. The summed E-state index contributed by atoms with van der Waals surface area (Å²) in [7, 11) is 0. The fourth-order valence-electron chi connectivity index (χ4n) is 2.55. The fraction of sp³-hybridized carbons (Fsp3) is 0.571. The lowest BCUT2D eigenvalue weighted by atomic mass is 9.62. The minimum absolute atomic E-state index is 0.122. The summed E-state index contributed by atoms with van der Waals surface area (Å²) in [5, 5.41) is 18.1. The van der Waals surface area contributed by atoms with Gasteiger partial charge in [-0.2, -0.15) is 10.5 Å². The van der Waals surface area contributed by atoms with Crippen molar-refractivity contribution in [2.75, 3.05) is 0 Å². The van der Waals surface area contributed by atoms with E-state index in [0.29, 0.717) is 6.42 Å². The Morgan fingerprint density at radius 2 is 1.81 bits per heavy atom. The Morgan fingerprint density at radius 3 is 2.25 bits per heavy atom. The second-order valence-electron chi connectivity index (χ2n) is 4.89. The van der Waals surface area contributed by atoms with Crippen molar-refractivity contribution in [3.05, 3.63) is 22.3 Å². The van der Waals surface area contributed by atoms with Gasteiger partial charge in [-0.15, -0.1) is 0 Å². The maximum Gasteiger partial charge on any atom is 0.0993 e. The molecule has 1 aliphatic rings. The average molecular weight is 214 g/mol. The van der Waals surface area contributed by atoms with Crippen LogP contribution in [0.25, 0.3) is 0 Å². The van der Waals surface area contributed by atoms with E-state index in [2.05, 4.69) is 26.0 Å². The molecule has 0 N–H and O–H groups in total. The molecule has 0 bridgehead atoms. The lowest BCUT2D eigenvalue weighted by Crippen LogP contribution is -2.32. The highest BCUT2D eigenvalue weighted by atomic mass is 14.4. The van der Waals surface area contributed by atoms with Crippen molar-refractivity contribution >= 4 is 0 Å². The first kappa shape index (κ1) is 12.5. The van der Waals surface area contributed by atoms with Crippen molar-refractivity contribution in [1.29, 1.82) is 10.5 Å². The highest BCUT2D eigenvalue weighted by Gasteiger charge is 2.39. The van der Waals surface area contributed by atoms with E-state index in [1.807, 2.05) is 20.8 Å². The van der Waals surface area contributed by atoms with Crippen molar-refractivity contribution in [2.45, 2.75) is 41.0 Å². The molecule has 0 saturated carbocycles. The van der Waals surface area contributed by atoms with E-state index >= 15 is 0 Å². The first-order valence-corrected chi connectivity index (χ1v) is 5.56. The molecule has 2 nitrogen and oxygen atoms in total. The lowest BCUT2D eigenvalue weighted by Gasteiger charge is -2.40. The molecule has 2 atom stereocenters. The van der Waals surface area contributed by atoms with Gasteiger partial charge in [0, 0.05) is 11.8 Å². The number of allylic oxidation sites excluding steroid dienone is 4. The lowest BCUT2D eigenvalue weighted by molar-refractivity contribution is 0.289. The summed E-state index contributed by atoms with van der Waals surface area (Å²) < 4.78 is 0. The van der Waals surface area contributed by atoms with Crippen LogP contribution in [0.15, 0.2) is 22.3 Å². The van der Waals surface area contributed by atoms with Gasteiger partial charge in [-0.1, -0.05) is 25.0 Å². The fourth-order valence-corrected chi connectivity index (χ4v) is 2.55. The van der Waals surface area contributed by atoms with Crippen LogP contribution < -0.4 is 0 Å². The van der Waals surface area contributed by atoms with Gasteiger partial charge in [-0.05, 0) is 32.3 Å². The molecule has 0 spiro atoms. The van der Waals surface area contributed by atoms with Crippen LogP contribution >= 0.6 is 0 Å². The SMILES string of the molecule is CC1=C(C)C(C)(CC#N)C(C)C(C)=C1C#N. The highest BCUT2D eigenvalue weighted by Crippen LogP contribution is 2.48. The van der Waals surface area contributed by atoms with Gasteiger partial charge in [-0.3, -0.25) is 0 Å². The standard InChI is InChI=1S/C14H18N2/c1-9-11(3)14(5,6-7-15)12(4)10(2)13(9)8-16/h11H,6H2,1-5H3. The van der Waals surface area contributed by atoms with Crippen molar-refractivity contribution < 1.29 is 0 Å². The summed E-state index contributed by atoms with van der Waals surface area (Å²) in [4.78, 5) is 0. The van der Waals surface area contributed by atoms with E-state index in [9.17, 15) is 0 Å². The first-order valence-electron chi connectivity index (χ1n) is 5.56. The van der Waals surface area contributed by atoms with Gasteiger partial charge in [0.2, 0.25) is 0 Å². The molecular formula is C14H18N2. The maximum atomic E-state index is 9.16. The van der Waals surface area contributed by atoms with Crippen LogP contribution in [-0.2, 0) is 0 Å². The van der Waals surface area contributed by atoms with E-state index in [-0.39, 0.29) is 11.3 Å². The van der Waals surface area contributed by atoms with Gasteiger partial charge in [0.15, 0.2) is 0 Å². The predicted octanol–water partition coefficient (Wildman–Crippen LogP) is 3.73. The minimum Gasteiger partial charge on any atom is -0.198 e. The normalized spacial score (nSPS) is 30.1. The molecule has 1 rings (SSSR count). The van der Waals surface area contributed by atoms with Crippen LogP contribution in [0.4, 0.5) is 0 Å². The Kier molecular flexibility index (Phi) is 3.24. The Morgan fingerprint density at radius 1 is 1.25 bits per heavy atom. The minimum atomic E-state index is -0.122. The second kappa shape index (κ2) is 4.14. The van der Waals surface area contributed by atoms with Gasteiger partial charge in [0.1, 0.15) is 0 Å². The zero-order valence-corrected chi connectivity index (χ0v) is 10.7. The Bertz CT molecular complexity index is 454. The summed E-state index contributed by atoms with van der Waals surface area (Å²) in [6.45, 7) is 10.3. The second-order valence-corrected chi connectivity index (χ2v) is 4.89. The molecule has 16 heavy (non-hydrogen) atoms. The Labute approximate surface area is 97.9 Å². The number of nitrogens with zero attached hydrogens (tertiary/aromatic N) is 2. The molecule has 0 amide bonds. The zero-order valence-electron chi connectivity index (χ0n) is 10.7. The summed E-state index contributed by atoms with van der Waals surface area (Å²) in [6.07, 6.45) is 0.507. The molecule has 0 saturated heterocycles. The molecule has 0 heterocycles. The van der Waals surface area contributed by atoms with E-state index in [1.165, 1.54) is 5.57 Å². The number of rotatable bonds is 1. The van der Waals surface area contributed by atoms with Gasteiger partial charge >= 0.3 is 0 Å². The largest absolute Gasteiger partial charge is 0.198 e. The van der Waals surface area contributed by atoms with Crippen LogP contribution in [0.2, 0.25) is 0 Å². The van der Waals surface area contributed by atoms with E-state index in [4.69, 9.17) is 10.5 Å². The molecule has 0 aromatic heterocycles. The van der Waals surface area contributed by atoms with Crippen LogP contribution in [0, 0.1) is 34.0 Å². The van der Waals surface area contributed by atoms with Crippen molar-refractivity contribution in [2.24, 2.45) is 11.3 Å². The van der Waals surface area contributed by atoms with Crippen LogP contribution in [0.5, 0.6) is 0 Å². The molecule has 0 radical (unpaired) electrons. The summed E-state index contributed by atoms with van der Waals surface area (Å²) in [5.74, 6) is 0.255. The van der Waals surface area contributed by atoms with Crippen LogP contribution in [0.3, 0.4) is 0 Å². The van der Waals surface area contributed by atoms with Gasteiger partial charge in [0.25, 0.3) is 0 Å². The van der Waals surface area contributed by atoms with E-state index in [0.717, 1.165) is 16.7 Å². The Balaban J connectivity index is 3.42. The molecule has 0 aliphatic heterocycles. The zero-order chi connectivity index (χ0) is 12.5. The Hall–Kier alpha value is -1.54. The number of nitriles is 2. The number of hydrogen-bond acceptors (Lipinski definition) is 2. The molecule has 0 aromatic carbocycles. The van der Waals surface area contributed by atoms with Gasteiger partial charge in [0.05, 0.1) is 17.7 Å². The third-order valence-electron chi connectivity index (χ3n) is 4.35. The third kappa shape index (κ3) is 1.55. The molecule has 2 heteroatoms. The predicted molar refractivity (Wildman–Crippen MR) is 64.2 cm³/mol. The van der Waals surface area contributed by atoms with Gasteiger partial charge in [-0.25, -0.2) is 0 Å². The molecule has 2 unspecified atom stereocenters. The van der Waals surface area contributed by atoms with Crippen molar-refractivity contribution in [3.8, 4) is 12.1 Å². The summed E-state index contributed by atoms with van der Waals surface area (Å²) in [5.41, 5.74) is 4.03. The van der Waals surface area contributed by atoms with Crippen molar-refractivity contribution in [3.63, 3.8) is 0 Å². The molecular weight excluding hydrogens is 196 g/mol. The topological polar surface area (TPSA) is 47.6 Å². The van der Waals surface area contributed by atoms with E-state index < -0.39 is 0 Å². The quantitative estimate of drug-likeness (QED) is 0.667. The summed E-state index contributed by atoms with van der Waals surface area (Å²) in [6, 6.07) is 4.56. The molecule has 0 aromatic rings. The average Bonchev–Trinajstić information content (AvgIpc) is 2.26. The number of hydrogen-bond donors (Lipinski definition) is 0. The molecule has 1 aliphatic carbocycles. The smallest absolute Gasteiger partial charge is 0.0993 e. The van der Waals surface area contributed by atoms with E-state index in [1.54, 1.807) is 0 Å². The summed E-state index contributed by atoms with van der Waals surface area (Å²) >= 11 is 0. The van der Waals surface area contributed by atoms with Crippen LogP contribution in [0.1, 0.15) is 41.0 Å². The van der Waals surface area contributed by atoms with Crippen molar-refractivity contribution in [1.82, 2.24) is 0 Å². The monoisotopic (exact) mass is 214 g/mol.